The molecule has 0 aromatic rings. The lowest BCUT2D eigenvalue weighted by Gasteiger charge is -1.98. The molecule has 1 rings (SSSR count). The Morgan fingerprint density at radius 1 is 1.54 bits per heavy atom. The van der Waals surface area contributed by atoms with Crippen LogP contribution in [0, 0.1) is 17.3 Å². The maximum Gasteiger partial charge on any atom is 0.307 e. The van der Waals surface area contributed by atoms with Crippen molar-refractivity contribution in [2.75, 3.05) is 6.61 Å². The van der Waals surface area contributed by atoms with Crippen molar-refractivity contribution in [2.45, 2.75) is 20.8 Å². The van der Waals surface area contributed by atoms with Gasteiger partial charge >= 0.3 is 5.97 Å². The fraction of sp³-hybridized carbons (Fsp3) is 0.700. The van der Waals surface area contributed by atoms with Crippen LogP contribution in [0.1, 0.15) is 20.8 Å². The SMILES string of the molecule is C/C(=C/C1C(C(=O)O)C1(C)C)CO. The predicted octanol–water partition coefficient (Wildman–Crippen LogP) is 1.28. The van der Waals surface area contributed by atoms with Crippen LogP contribution in [0.3, 0.4) is 0 Å². The lowest BCUT2D eigenvalue weighted by Crippen LogP contribution is -2.03. The molecule has 13 heavy (non-hydrogen) atoms. The number of hydrogen-bond acceptors (Lipinski definition) is 2. The average molecular weight is 184 g/mol. The molecule has 0 aliphatic heterocycles. The van der Waals surface area contributed by atoms with Gasteiger partial charge in [0.1, 0.15) is 0 Å². The van der Waals surface area contributed by atoms with Crippen LogP contribution < -0.4 is 0 Å². The molecule has 0 saturated heterocycles. The topological polar surface area (TPSA) is 57.5 Å². The first-order valence-electron chi connectivity index (χ1n) is 4.42. The average Bonchev–Trinajstić information content (AvgIpc) is 2.53. The van der Waals surface area contributed by atoms with E-state index in [0.29, 0.717) is 0 Å². The van der Waals surface area contributed by atoms with E-state index in [-0.39, 0.29) is 23.9 Å². The Labute approximate surface area is 78.1 Å². The van der Waals surface area contributed by atoms with Crippen LogP contribution in [0.4, 0.5) is 0 Å². The third-order valence-electron chi connectivity index (χ3n) is 2.89. The van der Waals surface area contributed by atoms with E-state index in [4.69, 9.17) is 10.2 Å². The first-order chi connectivity index (χ1) is 5.91. The van der Waals surface area contributed by atoms with Crippen LogP contribution in [-0.4, -0.2) is 22.8 Å². The summed E-state index contributed by atoms with van der Waals surface area (Å²) in [4.78, 5) is 10.8. The van der Waals surface area contributed by atoms with E-state index < -0.39 is 5.97 Å². The molecule has 3 nitrogen and oxygen atoms in total. The zero-order valence-electron chi connectivity index (χ0n) is 8.24. The third kappa shape index (κ3) is 1.75. The molecule has 3 heteroatoms. The first-order valence-corrected chi connectivity index (χ1v) is 4.42. The van der Waals surface area contributed by atoms with Crippen LogP contribution >= 0.6 is 0 Å². The van der Waals surface area contributed by atoms with E-state index >= 15 is 0 Å². The maximum absolute atomic E-state index is 10.8. The van der Waals surface area contributed by atoms with Gasteiger partial charge in [0, 0.05) is 0 Å². The predicted molar refractivity (Wildman–Crippen MR) is 49.2 cm³/mol. The fourth-order valence-electron chi connectivity index (χ4n) is 1.82. The van der Waals surface area contributed by atoms with Gasteiger partial charge in [-0.1, -0.05) is 25.5 Å². The fourth-order valence-corrected chi connectivity index (χ4v) is 1.82. The smallest absolute Gasteiger partial charge is 0.307 e. The highest BCUT2D eigenvalue weighted by molar-refractivity contribution is 5.76. The van der Waals surface area contributed by atoms with E-state index in [9.17, 15) is 4.79 Å². The summed E-state index contributed by atoms with van der Waals surface area (Å²) in [5, 5.41) is 17.6. The van der Waals surface area contributed by atoms with Gasteiger partial charge in [-0.2, -0.15) is 0 Å². The van der Waals surface area contributed by atoms with Crippen molar-refractivity contribution >= 4 is 5.97 Å². The van der Waals surface area contributed by atoms with Gasteiger partial charge in [0.2, 0.25) is 0 Å². The molecule has 0 aromatic carbocycles. The zero-order valence-corrected chi connectivity index (χ0v) is 8.24. The standard InChI is InChI=1S/C10H16O3/c1-6(5-11)4-7-8(9(12)13)10(7,2)3/h4,7-8,11H,5H2,1-3H3,(H,12,13)/b6-4-. The van der Waals surface area contributed by atoms with Gasteiger partial charge in [0.05, 0.1) is 12.5 Å². The largest absolute Gasteiger partial charge is 0.481 e. The highest BCUT2D eigenvalue weighted by atomic mass is 16.4. The highest BCUT2D eigenvalue weighted by Gasteiger charge is 2.60. The summed E-state index contributed by atoms with van der Waals surface area (Å²) >= 11 is 0. The summed E-state index contributed by atoms with van der Waals surface area (Å²) < 4.78 is 0. The summed E-state index contributed by atoms with van der Waals surface area (Å²) in [7, 11) is 0. The Bertz CT molecular complexity index is 253. The van der Waals surface area contributed by atoms with Gasteiger partial charge in [-0.15, -0.1) is 0 Å². The highest BCUT2D eigenvalue weighted by Crippen LogP contribution is 2.59. The lowest BCUT2D eigenvalue weighted by atomic mass is 10.1. The van der Waals surface area contributed by atoms with Crippen molar-refractivity contribution in [1.29, 1.82) is 0 Å². The van der Waals surface area contributed by atoms with Crippen LogP contribution in [-0.2, 0) is 4.79 Å². The molecule has 0 amide bonds. The molecule has 2 unspecified atom stereocenters. The number of carboxylic acid groups (broad SMARTS) is 1. The van der Waals surface area contributed by atoms with Crippen LogP contribution in [0.25, 0.3) is 0 Å². The number of aliphatic hydroxyl groups is 1. The van der Waals surface area contributed by atoms with E-state index in [1.165, 1.54) is 0 Å². The normalized spacial score (nSPS) is 31.5. The monoisotopic (exact) mass is 184 g/mol. The van der Waals surface area contributed by atoms with Gasteiger partial charge in [-0.25, -0.2) is 0 Å². The zero-order chi connectivity index (χ0) is 10.2. The van der Waals surface area contributed by atoms with Crippen molar-refractivity contribution < 1.29 is 15.0 Å². The number of aliphatic hydroxyl groups excluding tert-OH is 1. The molecular formula is C10H16O3. The van der Waals surface area contributed by atoms with Gasteiger partial charge in [-0.3, -0.25) is 4.79 Å². The Balaban J connectivity index is 2.71. The summed E-state index contributed by atoms with van der Waals surface area (Å²) in [6, 6.07) is 0. The van der Waals surface area contributed by atoms with Crippen LogP contribution in [0.2, 0.25) is 0 Å². The first kappa shape index (κ1) is 10.3. The summed E-state index contributed by atoms with van der Waals surface area (Å²) in [6.07, 6.45) is 1.87. The molecule has 1 aliphatic rings. The van der Waals surface area contributed by atoms with Crippen molar-refractivity contribution in [3.05, 3.63) is 11.6 Å². The minimum absolute atomic E-state index is 0.0128. The van der Waals surface area contributed by atoms with Crippen molar-refractivity contribution in [3.63, 3.8) is 0 Å². The van der Waals surface area contributed by atoms with Gasteiger partial charge in [0.25, 0.3) is 0 Å². The minimum atomic E-state index is -0.739. The molecule has 1 fully saturated rings. The second kappa shape index (κ2) is 3.14. The Kier molecular flexibility index (Phi) is 2.48. The van der Waals surface area contributed by atoms with E-state index in [1.54, 1.807) is 0 Å². The number of aliphatic carboxylic acids is 1. The quantitative estimate of drug-likeness (QED) is 0.650. The molecule has 0 heterocycles. The number of carboxylic acids is 1. The van der Waals surface area contributed by atoms with Crippen molar-refractivity contribution in [2.24, 2.45) is 17.3 Å². The van der Waals surface area contributed by atoms with Crippen LogP contribution in [0.5, 0.6) is 0 Å². The second-order valence-electron chi connectivity index (χ2n) is 4.33. The number of rotatable bonds is 3. The summed E-state index contributed by atoms with van der Waals surface area (Å²) in [6.45, 7) is 5.71. The Morgan fingerprint density at radius 2 is 2.08 bits per heavy atom. The van der Waals surface area contributed by atoms with Crippen molar-refractivity contribution in [3.8, 4) is 0 Å². The van der Waals surface area contributed by atoms with Crippen molar-refractivity contribution in [1.82, 2.24) is 0 Å². The summed E-state index contributed by atoms with van der Waals surface area (Å²) in [5.41, 5.74) is 0.698. The molecule has 2 N–H and O–H groups in total. The molecule has 1 aliphatic carbocycles. The molecular weight excluding hydrogens is 168 g/mol. The lowest BCUT2D eigenvalue weighted by molar-refractivity contribution is -0.139. The molecule has 0 spiro atoms. The van der Waals surface area contributed by atoms with Gasteiger partial charge in [0.15, 0.2) is 0 Å². The molecule has 2 atom stereocenters. The molecule has 1 saturated carbocycles. The van der Waals surface area contributed by atoms with E-state index in [1.807, 2.05) is 26.8 Å². The Morgan fingerprint density at radius 3 is 2.38 bits per heavy atom. The minimum Gasteiger partial charge on any atom is -0.481 e. The number of allylic oxidation sites excluding steroid dienone is 1. The maximum atomic E-state index is 10.8. The van der Waals surface area contributed by atoms with Gasteiger partial charge < -0.3 is 10.2 Å². The molecule has 0 aromatic heterocycles. The third-order valence-corrected chi connectivity index (χ3v) is 2.89. The van der Waals surface area contributed by atoms with E-state index in [0.717, 1.165) is 5.57 Å². The second-order valence-corrected chi connectivity index (χ2v) is 4.33. The van der Waals surface area contributed by atoms with Crippen LogP contribution in [0.15, 0.2) is 11.6 Å². The van der Waals surface area contributed by atoms with E-state index in [2.05, 4.69) is 0 Å². The number of carbonyl (C=O) groups is 1. The number of hydrogen-bond donors (Lipinski definition) is 2. The Hall–Kier alpha value is -0.830. The molecule has 0 radical (unpaired) electrons. The molecule has 74 valence electrons. The van der Waals surface area contributed by atoms with Gasteiger partial charge in [-0.05, 0) is 18.3 Å². The molecule has 0 bridgehead atoms. The summed E-state index contributed by atoms with van der Waals surface area (Å²) in [5.74, 6) is -0.942.